The zero-order valence-corrected chi connectivity index (χ0v) is 11.6. The summed E-state index contributed by atoms with van der Waals surface area (Å²) in [6.07, 6.45) is 4.10. The first kappa shape index (κ1) is 13.2. The van der Waals surface area contributed by atoms with Crippen LogP contribution in [-0.4, -0.2) is 37.6 Å². The van der Waals surface area contributed by atoms with Gasteiger partial charge in [-0.15, -0.1) is 0 Å². The number of anilines is 2. The molecule has 1 aromatic carbocycles. The maximum Gasteiger partial charge on any atom is 0.0365 e. The molecule has 1 saturated heterocycles. The van der Waals surface area contributed by atoms with E-state index in [0.717, 1.165) is 24.8 Å². The summed E-state index contributed by atoms with van der Waals surface area (Å²) < 4.78 is 0. The summed E-state index contributed by atoms with van der Waals surface area (Å²) in [4.78, 5) is 4.91. The van der Waals surface area contributed by atoms with Gasteiger partial charge in [-0.3, -0.25) is 4.90 Å². The Morgan fingerprint density at radius 2 is 2.00 bits per heavy atom. The largest absolute Gasteiger partial charge is 0.399 e. The first-order chi connectivity index (χ1) is 8.66. The van der Waals surface area contributed by atoms with Crippen LogP contribution in [0.4, 0.5) is 11.4 Å². The number of hydrogen-bond donors (Lipinski definition) is 1. The van der Waals surface area contributed by atoms with Crippen molar-refractivity contribution in [3.05, 3.63) is 24.3 Å². The van der Waals surface area contributed by atoms with Gasteiger partial charge in [0.2, 0.25) is 0 Å². The molecule has 3 nitrogen and oxygen atoms in total. The number of likely N-dealkylation sites (tertiary alicyclic amines) is 1. The van der Waals surface area contributed by atoms with Crippen molar-refractivity contribution in [2.24, 2.45) is 0 Å². The summed E-state index contributed by atoms with van der Waals surface area (Å²) in [6, 6.07) is 8.87. The van der Waals surface area contributed by atoms with Gasteiger partial charge in [-0.2, -0.15) is 0 Å². The van der Waals surface area contributed by atoms with E-state index in [-0.39, 0.29) is 0 Å². The Morgan fingerprint density at radius 3 is 2.67 bits per heavy atom. The van der Waals surface area contributed by atoms with Crippen LogP contribution < -0.4 is 10.6 Å². The summed E-state index contributed by atoms with van der Waals surface area (Å²) >= 11 is 0. The molecule has 0 aliphatic carbocycles. The van der Waals surface area contributed by atoms with Crippen molar-refractivity contribution in [3.63, 3.8) is 0 Å². The molecule has 0 radical (unpaired) electrons. The van der Waals surface area contributed by atoms with Crippen LogP contribution in [0.5, 0.6) is 0 Å². The number of benzene rings is 1. The van der Waals surface area contributed by atoms with Crippen LogP contribution >= 0.6 is 0 Å². The lowest BCUT2D eigenvalue weighted by Gasteiger charge is -2.34. The molecule has 0 bridgehead atoms. The van der Waals surface area contributed by atoms with Crippen molar-refractivity contribution in [2.75, 3.05) is 37.3 Å². The first-order valence-electron chi connectivity index (χ1n) is 6.97. The molecule has 0 spiro atoms. The third kappa shape index (κ3) is 3.39. The van der Waals surface area contributed by atoms with E-state index in [4.69, 9.17) is 5.73 Å². The van der Waals surface area contributed by atoms with Crippen LogP contribution in [0.25, 0.3) is 0 Å². The Labute approximate surface area is 111 Å². The predicted octanol–water partition coefficient (Wildman–Crippen LogP) is 2.58. The highest BCUT2D eigenvalue weighted by molar-refractivity contribution is 5.52. The van der Waals surface area contributed by atoms with E-state index < -0.39 is 0 Å². The number of piperidine rings is 1. The number of nitrogen functional groups attached to an aromatic ring is 1. The third-order valence-electron chi connectivity index (χ3n) is 4.00. The molecule has 0 aromatic heterocycles. The van der Waals surface area contributed by atoms with Gasteiger partial charge in [-0.05, 0) is 50.6 Å². The Balaban J connectivity index is 1.83. The summed E-state index contributed by atoms with van der Waals surface area (Å²) in [6.45, 7) is 5.84. The number of likely N-dealkylation sites (N-methyl/N-ethyl adjacent to an activating group) is 1. The van der Waals surface area contributed by atoms with Crippen molar-refractivity contribution in [1.82, 2.24) is 4.90 Å². The van der Waals surface area contributed by atoms with Crippen LogP contribution in [0.15, 0.2) is 24.3 Å². The van der Waals surface area contributed by atoms with E-state index in [1.165, 1.54) is 31.5 Å². The van der Waals surface area contributed by atoms with Crippen molar-refractivity contribution in [3.8, 4) is 0 Å². The molecular formula is C15H25N3. The highest BCUT2D eigenvalue weighted by Crippen LogP contribution is 2.18. The fourth-order valence-electron chi connectivity index (χ4n) is 2.63. The van der Waals surface area contributed by atoms with Crippen LogP contribution in [0, 0.1) is 0 Å². The van der Waals surface area contributed by atoms with Crippen LogP contribution in [0.3, 0.4) is 0 Å². The van der Waals surface area contributed by atoms with Crippen molar-refractivity contribution >= 4 is 11.4 Å². The molecule has 18 heavy (non-hydrogen) atoms. The quantitative estimate of drug-likeness (QED) is 0.830. The highest BCUT2D eigenvalue weighted by Gasteiger charge is 2.17. The van der Waals surface area contributed by atoms with Crippen molar-refractivity contribution in [1.29, 1.82) is 0 Å². The van der Waals surface area contributed by atoms with Gasteiger partial charge in [0.1, 0.15) is 0 Å². The van der Waals surface area contributed by atoms with Gasteiger partial charge in [0.15, 0.2) is 0 Å². The minimum atomic E-state index is 0.749. The number of rotatable bonds is 4. The van der Waals surface area contributed by atoms with E-state index in [1.807, 2.05) is 12.1 Å². The van der Waals surface area contributed by atoms with Crippen molar-refractivity contribution < 1.29 is 0 Å². The lowest BCUT2D eigenvalue weighted by Crippen LogP contribution is -2.41. The summed E-state index contributed by atoms with van der Waals surface area (Å²) in [7, 11) is 2.15. The second kappa shape index (κ2) is 6.10. The van der Waals surface area contributed by atoms with Crippen molar-refractivity contribution in [2.45, 2.75) is 32.2 Å². The maximum absolute atomic E-state index is 5.71. The average Bonchev–Trinajstić information content (AvgIpc) is 2.38. The molecule has 100 valence electrons. The molecule has 3 heteroatoms. The Morgan fingerprint density at radius 1 is 1.28 bits per heavy atom. The molecule has 1 aliphatic rings. The minimum absolute atomic E-state index is 0.749. The zero-order chi connectivity index (χ0) is 13.0. The molecule has 0 saturated carbocycles. The van der Waals surface area contributed by atoms with Crippen LogP contribution in [0.1, 0.15) is 26.2 Å². The zero-order valence-electron chi connectivity index (χ0n) is 11.6. The molecule has 0 amide bonds. The predicted molar refractivity (Wildman–Crippen MR) is 79.0 cm³/mol. The second-order valence-corrected chi connectivity index (χ2v) is 5.39. The molecule has 2 N–H and O–H groups in total. The van der Waals surface area contributed by atoms with E-state index in [0.29, 0.717) is 0 Å². The molecular weight excluding hydrogens is 222 g/mol. The monoisotopic (exact) mass is 247 g/mol. The summed E-state index contributed by atoms with van der Waals surface area (Å²) in [5.41, 5.74) is 7.78. The van der Waals surface area contributed by atoms with E-state index in [1.54, 1.807) is 0 Å². The van der Waals surface area contributed by atoms with Gasteiger partial charge in [-0.1, -0.05) is 6.42 Å². The lowest BCUT2D eigenvalue weighted by molar-refractivity contribution is 0.165. The van der Waals surface area contributed by atoms with Crippen LogP contribution in [0.2, 0.25) is 0 Å². The maximum atomic E-state index is 5.71. The Bertz CT molecular complexity index is 361. The Hall–Kier alpha value is -1.22. The standard InChI is InChI=1S/C15H25N3/c1-13-5-3-4-10-18(13)12-11-17(2)15-8-6-14(16)7-9-15/h6-9,13H,3-5,10-12,16H2,1-2H3. The van der Waals surface area contributed by atoms with Gasteiger partial charge in [0.05, 0.1) is 0 Å². The van der Waals surface area contributed by atoms with E-state index in [2.05, 4.69) is 35.9 Å². The second-order valence-electron chi connectivity index (χ2n) is 5.39. The van der Waals surface area contributed by atoms with Gasteiger partial charge >= 0.3 is 0 Å². The molecule has 2 rings (SSSR count). The fourth-order valence-corrected chi connectivity index (χ4v) is 2.63. The Kier molecular flexibility index (Phi) is 4.48. The lowest BCUT2D eigenvalue weighted by atomic mass is 10.0. The number of nitrogens with zero attached hydrogens (tertiary/aromatic N) is 2. The SMILES string of the molecule is CC1CCCCN1CCN(C)c1ccc(N)cc1. The first-order valence-corrected chi connectivity index (χ1v) is 6.97. The normalized spacial score (nSPS) is 20.9. The molecule has 1 fully saturated rings. The number of nitrogens with two attached hydrogens (primary N) is 1. The van der Waals surface area contributed by atoms with Crippen LogP contribution in [-0.2, 0) is 0 Å². The van der Waals surface area contributed by atoms with Gasteiger partial charge in [-0.25, -0.2) is 0 Å². The molecule has 1 aromatic rings. The molecule has 1 unspecified atom stereocenters. The third-order valence-corrected chi connectivity index (χ3v) is 4.00. The number of hydrogen-bond acceptors (Lipinski definition) is 3. The molecule has 1 aliphatic heterocycles. The highest BCUT2D eigenvalue weighted by atomic mass is 15.2. The average molecular weight is 247 g/mol. The fraction of sp³-hybridized carbons (Fsp3) is 0.600. The van der Waals surface area contributed by atoms with E-state index >= 15 is 0 Å². The topological polar surface area (TPSA) is 32.5 Å². The summed E-state index contributed by atoms with van der Waals surface area (Å²) in [5, 5.41) is 0. The molecule has 1 atom stereocenters. The smallest absolute Gasteiger partial charge is 0.0365 e. The minimum Gasteiger partial charge on any atom is -0.399 e. The van der Waals surface area contributed by atoms with Gasteiger partial charge < -0.3 is 10.6 Å². The van der Waals surface area contributed by atoms with Gasteiger partial charge in [0.25, 0.3) is 0 Å². The summed E-state index contributed by atoms with van der Waals surface area (Å²) in [5.74, 6) is 0. The van der Waals surface area contributed by atoms with E-state index in [9.17, 15) is 0 Å². The molecule has 1 heterocycles. The van der Waals surface area contributed by atoms with Gasteiger partial charge in [0, 0.05) is 37.6 Å².